The summed E-state index contributed by atoms with van der Waals surface area (Å²) >= 11 is 0. The van der Waals surface area contributed by atoms with Gasteiger partial charge < -0.3 is 19.8 Å². The van der Waals surface area contributed by atoms with Gasteiger partial charge in [0, 0.05) is 32.2 Å². The number of rotatable bonds is 8. The number of ether oxygens (including phenoxy) is 1. The van der Waals surface area contributed by atoms with Gasteiger partial charge in [-0.3, -0.25) is 0 Å². The zero-order chi connectivity index (χ0) is 14.9. The molecule has 112 valence electrons. The molecule has 0 saturated heterocycles. The summed E-state index contributed by atoms with van der Waals surface area (Å²) in [5.74, 6) is -0.137. The number of carbonyl (C=O) groups is 1. The molecule has 5 nitrogen and oxygen atoms in total. The molecule has 0 radical (unpaired) electrons. The third kappa shape index (κ3) is 8.61. The minimum atomic E-state index is -0.546. The molecule has 0 rings (SSSR count). The van der Waals surface area contributed by atoms with Crippen LogP contribution in [0.3, 0.4) is 0 Å². The molecule has 19 heavy (non-hydrogen) atoms. The van der Waals surface area contributed by atoms with E-state index in [9.17, 15) is 9.90 Å². The van der Waals surface area contributed by atoms with Crippen LogP contribution >= 0.6 is 0 Å². The number of aliphatic hydroxyl groups is 2. The predicted molar refractivity (Wildman–Crippen MR) is 74.9 cm³/mol. The first-order valence-corrected chi connectivity index (χ1v) is 6.64. The van der Waals surface area contributed by atoms with Crippen LogP contribution in [0.4, 0.5) is 4.79 Å². The van der Waals surface area contributed by atoms with Crippen molar-refractivity contribution in [3.05, 3.63) is 12.7 Å². The lowest BCUT2D eigenvalue weighted by atomic mass is 10.1. The normalized spacial score (nSPS) is 12.9. The Balaban J connectivity index is 4.59. The molecule has 1 atom stereocenters. The highest BCUT2D eigenvalue weighted by molar-refractivity contribution is 5.68. The van der Waals surface area contributed by atoms with Crippen LogP contribution in [0.15, 0.2) is 12.7 Å². The molecule has 0 heterocycles. The van der Waals surface area contributed by atoms with Gasteiger partial charge in [-0.1, -0.05) is 6.08 Å². The minimum absolute atomic E-state index is 0.00512. The van der Waals surface area contributed by atoms with Gasteiger partial charge in [0.1, 0.15) is 5.60 Å². The molecule has 0 spiro atoms. The van der Waals surface area contributed by atoms with Gasteiger partial charge in [0.15, 0.2) is 0 Å². The molecular formula is C14H27NO4. The second-order valence-corrected chi connectivity index (χ2v) is 5.56. The minimum Gasteiger partial charge on any atom is -0.444 e. The molecule has 0 aromatic carbocycles. The highest BCUT2D eigenvalue weighted by Gasteiger charge is 2.23. The van der Waals surface area contributed by atoms with E-state index in [0.717, 1.165) is 0 Å². The topological polar surface area (TPSA) is 70.0 Å². The van der Waals surface area contributed by atoms with Gasteiger partial charge >= 0.3 is 6.09 Å². The van der Waals surface area contributed by atoms with E-state index >= 15 is 0 Å². The first kappa shape index (κ1) is 17.9. The van der Waals surface area contributed by atoms with Crippen molar-refractivity contribution >= 4 is 6.09 Å². The van der Waals surface area contributed by atoms with Gasteiger partial charge in [-0.25, -0.2) is 4.79 Å². The lowest BCUT2D eigenvalue weighted by Gasteiger charge is -2.29. The molecule has 0 aromatic heterocycles. The Morgan fingerprint density at radius 2 is 2.05 bits per heavy atom. The number of aliphatic hydroxyl groups excluding tert-OH is 2. The van der Waals surface area contributed by atoms with Gasteiger partial charge in [-0.2, -0.15) is 0 Å². The Hall–Kier alpha value is -1.07. The molecular weight excluding hydrogens is 246 g/mol. The fourth-order valence-corrected chi connectivity index (χ4v) is 1.57. The van der Waals surface area contributed by atoms with Crippen molar-refractivity contribution in [2.75, 3.05) is 26.3 Å². The SMILES string of the molecule is C=CCCN(CC(CO)CCO)C(=O)OC(C)(C)C. The van der Waals surface area contributed by atoms with Crippen molar-refractivity contribution in [2.45, 2.75) is 39.2 Å². The maximum absolute atomic E-state index is 12.0. The highest BCUT2D eigenvalue weighted by Crippen LogP contribution is 2.13. The molecule has 2 N–H and O–H groups in total. The second-order valence-electron chi connectivity index (χ2n) is 5.56. The first-order chi connectivity index (χ1) is 8.84. The fourth-order valence-electron chi connectivity index (χ4n) is 1.57. The average molecular weight is 273 g/mol. The number of hydrogen-bond acceptors (Lipinski definition) is 4. The lowest BCUT2D eigenvalue weighted by Crippen LogP contribution is -2.41. The summed E-state index contributed by atoms with van der Waals surface area (Å²) in [4.78, 5) is 13.6. The second kappa shape index (κ2) is 8.93. The van der Waals surface area contributed by atoms with Crippen LogP contribution in [0.5, 0.6) is 0 Å². The molecule has 0 saturated carbocycles. The van der Waals surface area contributed by atoms with E-state index in [4.69, 9.17) is 9.84 Å². The van der Waals surface area contributed by atoms with Gasteiger partial charge in [0.05, 0.1) is 0 Å². The van der Waals surface area contributed by atoms with E-state index in [-0.39, 0.29) is 19.1 Å². The first-order valence-electron chi connectivity index (χ1n) is 6.64. The maximum Gasteiger partial charge on any atom is 0.410 e. The van der Waals surface area contributed by atoms with Crippen LogP contribution in [-0.2, 0) is 4.74 Å². The fraction of sp³-hybridized carbons (Fsp3) is 0.786. The molecule has 1 amide bonds. The molecule has 0 aliphatic heterocycles. The summed E-state index contributed by atoms with van der Waals surface area (Å²) in [5.41, 5.74) is -0.546. The summed E-state index contributed by atoms with van der Waals surface area (Å²) in [6.45, 7) is 9.88. The third-order valence-corrected chi connectivity index (χ3v) is 2.53. The monoisotopic (exact) mass is 273 g/mol. The molecule has 0 aromatic rings. The number of amides is 1. The van der Waals surface area contributed by atoms with E-state index in [2.05, 4.69) is 6.58 Å². The standard InChI is InChI=1S/C14H27NO4/c1-5-6-8-15(10-12(11-17)7-9-16)13(18)19-14(2,3)4/h5,12,16-17H,1,6-11H2,2-4H3. The van der Waals surface area contributed by atoms with Crippen LogP contribution in [0.2, 0.25) is 0 Å². The van der Waals surface area contributed by atoms with E-state index in [1.54, 1.807) is 11.0 Å². The van der Waals surface area contributed by atoms with Gasteiger partial charge in [-0.05, 0) is 33.6 Å². The number of nitrogens with zero attached hydrogens (tertiary/aromatic N) is 1. The molecule has 0 fully saturated rings. The Kier molecular flexibility index (Phi) is 8.43. The summed E-state index contributed by atoms with van der Waals surface area (Å²) in [6.07, 6.45) is 2.46. The van der Waals surface area contributed by atoms with Crippen molar-refractivity contribution in [1.29, 1.82) is 0 Å². The predicted octanol–water partition coefficient (Wildman–Crippen LogP) is 1.79. The van der Waals surface area contributed by atoms with E-state index in [1.165, 1.54) is 0 Å². The van der Waals surface area contributed by atoms with Crippen molar-refractivity contribution < 1.29 is 19.7 Å². The van der Waals surface area contributed by atoms with Crippen LogP contribution in [0.1, 0.15) is 33.6 Å². The summed E-state index contributed by atoms with van der Waals surface area (Å²) in [7, 11) is 0. The molecule has 1 unspecified atom stereocenters. The Bertz CT molecular complexity index is 273. The van der Waals surface area contributed by atoms with Gasteiger partial charge in [0.25, 0.3) is 0 Å². The van der Waals surface area contributed by atoms with Crippen molar-refractivity contribution in [3.63, 3.8) is 0 Å². The number of carbonyl (C=O) groups excluding carboxylic acids is 1. The van der Waals surface area contributed by atoms with Crippen molar-refractivity contribution in [3.8, 4) is 0 Å². The molecule has 5 heteroatoms. The summed E-state index contributed by atoms with van der Waals surface area (Å²) < 4.78 is 5.33. The third-order valence-electron chi connectivity index (χ3n) is 2.53. The molecule has 0 bridgehead atoms. The largest absolute Gasteiger partial charge is 0.444 e. The van der Waals surface area contributed by atoms with Gasteiger partial charge in [-0.15, -0.1) is 6.58 Å². The van der Waals surface area contributed by atoms with E-state index in [0.29, 0.717) is 25.9 Å². The Morgan fingerprint density at radius 1 is 1.42 bits per heavy atom. The van der Waals surface area contributed by atoms with Crippen LogP contribution in [-0.4, -0.2) is 53.1 Å². The smallest absolute Gasteiger partial charge is 0.410 e. The van der Waals surface area contributed by atoms with Crippen LogP contribution in [0, 0.1) is 5.92 Å². The van der Waals surface area contributed by atoms with Crippen LogP contribution < -0.4 is 0 Å². The Morgan fingerprint density at radius 3 is 2.47 bits per heavy atom. The van der Waals surface area contributed by atoms with Gasteiger partial charge in [0.2, 0.25) is 0 Å². The average Bonchev–Trinajstić information content (AvgIpc) is 2.30. The zero-order valence-corrected chi connectivity index (χ0v) is 12.3. The van der Waals surface area contributed by atoms with Crippen molar-refractivity contribution in [2.24, 2.45) is 5.92 Å². The van der Waals surface area contributed by atoms with E-state index in [1.807, 2.05) is 20.8 Å². The molecule has 0 aliphatic carbocycles. The highest BCUT2D eigenvalue weighted by atomic mass is 16.6. The summed E-state index contributed by atoms with van der Waals surface area (Å²) in [5, 5.41) is 18.2. The maximum atomic E-state index is 12.0. The Labute approximate surface area is 115 Å². The van der Waals surface area contributed by atoms with Crippen LogP contribution in [0.25, 0.3) is 0 Å². The van der Waals surface area contributed by atoms with Crippen molar-refractivity contribution in [1.82, 2.24) is 4.90 Å². The summed E-state index contributed by atoms with van der Waals surface area (Å²) in [6, 6.07) is 0. The quantitative estimate of drug-likeness (QED) is 0.661. The molecule has 0 aliphatic rings. The zero-order valence-electron chi connectivity index (χ0n) is 12.3. The van der Waals surface area contributed by atoms with E-state index < -0.39 is 11.7 Å². The lowest BCUT2D eigenvalue weighted by molar-refractivity contribution is 0.0192. The number of hydrogen-bond donors (Lipinski definition) is 2.